The minimum absolute atomic E-state index is 0.00571. The minimum atomic E-state index is -0.487. The van der Waals surface area contributed by atoms with E-state index in [1.807, 2.05) is 0 Å². The fourth-order valence-corrected chi connectivity index (χ4v) is 3.09. The Kier molecular flexibility index (Phi) is 4.23. The lowest BCUT2D eigenvalue weighted by Crippen LogP contribution is -2.30. The molecule has 1 heterocycles. The SMILES string of the molecule is Nc1ccc(O)c2c(=O)cc(C(=O)NCC3CCCCC3)oc12. The highest BCUT2D eigenvalue weighted by Crippen LogP contribution is 2.27. The number of carbonyl (C=O) groups excluding carboxylic acids is 1. The molecule has 1 aromatic carbocycles. The van der Waals surface area contributed by atoms with Crippen molar-refractivity contribution in [3.63, 3.8) is 0 Å². The van der Waals surface area contributed by atoms with Crippen LogP contribution in [0.4, 0.5) is 5.69 Å². The molecule has 1 fully saturated rings. The largest absolute Gasteiger partial charge is 0.507 e. The van der Waals surface area contributed by atoms with Gasteiger partial charge in [0.25, 0.3) is 5.91 Å². The average Bonchev–Trinajstić information content (AvgIpc) is 2.56. The standard InChI is InChI=1S/C17H20N2O4/c18-11-6-7-12(20)15-13(21)8-14(23-16(11)15)17(22)19-9-10-4-2-1-3-5-10/h6-8,10,20H,1-5,9,18H2,(H,19,22). The molecule has 0 radical (unpaired) electrons. The lowest BCUT2D eigenvalue weighted by molar-refractivity contribution is 0.0916. The number of phenolic OH excluding ortho intramolecular Hbond substituents is 1. The molecule has 0 atom stereocenters. The molecule has 1 aliphatic carbocycles. The van der Waals surface area contributed by atoms with Crippen molar-refractivity contribution in [1.29, 1.82) is 0 Å². The third-order valence-corrected chi connectivity index (χ3v) is 4.39. The van der Waals surface area contributed by atoms with Gasteiger partial charge in [-0.3, -0.25) is 9.59 Å². The van der Waals surface area contributed by atoms with E-state index in [9.17, 15) is 14.7 Å². The Morgan fingerprint density at radius 1 is 1.30 bits per heavy atom. The molecule has 6 heteroatoms. The van der Waals surface area contributed by atoms with Gasteiger partial charge in [0.15, 0.2) is 16.8 Å². The zero-order valence-electron chi connectivity index (χ0n) is 12.8. The van der Waals surface area contributed by atoms with Crippen molar-refractivity contribution < 1.29 is 14.3 Å². The van der Waals surface area contributed by atoms with Crippen LogP contribution < -0.4 is 16.5 Å². The fourth-order valence-electron chi connectivity index (χ4n) is 3.09. The minimum Gasteiger partial charge on any atom is -0.507 e. The van der Waals surface area contributed by atoms with Crippen LogP contribution in [0.1, 0.15) is 42.7 Å². The number of amides is 1. The summed E-state index contributed by atoms with van der Waals surface area (Å²) in [5, 5.41) is 12.6. The highest BCUT2D eigenvalue weighted by atomic mass is 16.3. The average molecular weight is 316 g/mol. The summed E-state index contributed by atoms with van der Waals surface area (Å²) < 4.78 is 5.46. The van der Waals surface area contributed by atoms with Crippen molar-refractivity contribution in [2.24, 2.45) is 5.92 Å². The summed E-state index contributed by atoms with van der Waals surface area (Å²) in [6, 6.07) is 3.86. The van der Waals surface area contributed by atoms with Gasteiger partial charge in [0.1, 0.15) is 11.1 Å². The summed E-state index contributed by atoms with van der Waals surface area (Å²) in [6.07, 6.45) is 5.88. The lowest BCUT2D eigenvalue weighted by atomic mass is 9.89. The first-order valence-corrected chi connectivity index (χ1v) is 7.90. The van der Waals surface area contributed by atoms with Gasteiger partial charge in [-0.1, -0.05) is 19.3 Å². The second kappa shape index (κ2) is 6.32. The molecule has 0 aliphatic heterocycles. The van der Waals surface area contributed by atoms with E-state index in [0.717, 1.165) is 18.9 Å². The third kappa shape index (κ3) is 3.16. The van der Waals surface area contributed by atoms with Crippen LogP contribution in [0.2, 0.25) is 0 Å². The van der Waals surface area contributed by atoms with Crippen LogP contribution in [-0.2, 0) is 0 Å². The Labute approximate surface area is 133 Å². The lowest BCUT2D eigenvalue weighted by Gasteiger charge is -2.21. The highest BCUT2D eigenvalue weighted by Gasteiger charge is 2.18. The molecule has 4 N–H and O–H groups in total. The van der Waals surface area contributed by atoms with E-state index >= 15 is 0 Å². The summed E-state index contributed by atoms with van der Waals surface area (Å²) in [5.41, 5.74) is 5.54. The van der Waals surface area contributed by atoms with Crippen LogP contribution >= 0.6 is 0 Å². The van der Waals surface area contributed by atoms with Gasteiger partial charge < -0.3 is 20.6 Å². The van der Waals surface area contributed by atoms with Crippen molar-refractivity contribution in [3.8, 4) is 5.75 Å². The molecule has 2 aromatic rings. The molecule has 0 unspecified atom stereocenters. The number of nitrogens with two attached hydrogens (primary N) is 1. The van der Waals surface area contributed by atoms with Crippen LogP contribution in [0, 0.1) is 5.92 Å². The van der Waals surface area contributed by atoms with Crippen LogP contribution in [0.5, 0.6) is 5.75 Å². The van der Waals surface area contributed by atoms with Crippen molar-refractivity contribution in [1.82, 2.24) is 5.32 Å². The number of nitrogens with one attached hydrogen (secondary N) is 1. The number of hydrogen-bond acceptors (Lipinski definition) is 5. The molecule has 1 amide bonds. The van der Waals surface area contributed by atoms with Gasteiger partial charge in [-0.25, -0.2) is 0 Å². The van der Waals surface area contributed by atoms with Gasteiger partial charge >= 0.3 is 0 Å². The molecule has 122 valence electrons. The summed E-state index contributed by atoms with van der Waals surface area (Å²) in [5.74, 6) is -0.251. The number of fused-ring (bicyclic) bond motifs is 1. The van der Waals surface area contributed by atoms with Gasteiger partial charge in [-0.15, -0.1) is 0 Å². The molecule has 1 aromatic heterocycles. The molecule has 0 saturated heterocycles. The van der Waals surface area contributed by atoms with E-state index in [4.69, 9.17) is 10.2 Å². The number of hydrogen-bond donors (Lipinski definition) is 3. The monoisotopic (exact) mass is 316 g/mol. The van der Waals surface area contributed by atoms with Gasteiger partial charge in [-0.2, -0.15) is 0 Å². The molecule has 1 aliphatic rings. The Bertz CT molecular complexity index is 791. The number of rotatable bonds is 3. The Morgan fingerprint density at radius 2 is 2.04 bits per heavy atom. The first-order chi connectivity index (χ1) is 11.1. The van der Waals surface area contributed by atoms with E-state index in [-0.39, 0.29) is 28.2 Å². The number of phenols is 1. The van der Waals surface area contributed by atoms with Crippen LogP contribution in [0.15, 0.2) is 27.4 Å². The Morgan fingerprint density at radius 3 is 2.78 bits per heavy atom. The van der Waals surface area contributed by atoms with Gasteiger partial charge in [0.05, 0.1) is 5.69 Å². The predicted molar refractivity (Wildman–Crippen MR) is 87.5 cm³/mol. The maximum atomic E-state index is 12.2. The molecule has 3 rings (SSSR count). The van der Waals surface area contributed by atoms with Crippen LogP contribution in [-0.4, -0.2) is 17.6 Å². The van der Waals surface area contributed by atoms with E-state index in [1.54, 1.807) is 0 Å². The fraction of sp³-hybridized carbons (Fsp3) is 0.412. The molecular weight excluding hydrogens is 296 g/mol. The molecule has 1 saturated carbocycles. The van der Waals surface area contributed by atoms with Crippen LogP contribution in [0.3, 0.4) is 0 Å². The summed E-state index contributed by atoms with van der Waals surface area (Å²) >= 11 is 0. The van der Waals surface area contributed by atoms with Gasteiger partial charge in [-0.05, 0) is 30.9 Å². The first-order valence-electron chi connectivity index (χ1n) is 7.90. The molecular formula is C17H20N2O4. The van der Waals surface area contributed by atoms with E-state index in [0.29, 0.717) is 12.5 Å². The predicted octanol–water partition coefficient (Wildman–Crippen LogP) is 2.39. The Hall–Kier alpha value is -2.50. The molecule has 23 heavy (non-hydrogen) atoms. The number of benzene rings is 1. The summed E-state index contributed by atoms with van der Waals surface area (Å²) in [6.45, 7) is 0.579. The first kappa shape index (κ1) is 15.4. The molecule has 0 spiro atoms. The van der Waals surface area contributed by atoms with Crippen LogP contribution in [0.25, 0.3) is 11.0 Å². The second-order valence-electron chi connectivity index (χ2n) is 6.07. The zero-order chi connectivity index (χ0) is 16.4. The molecule has 6 nitrogen and oxygen atoms in total. The second-order valence-corrected chi connectivity index (χ2v) is 6.07. The van der Waals surface area contributed by atoms with Crippen molar-refractivity contribution >= 4 is 22.6 Å². The third-order valence-electron chi connectivity index (χ3n) is 4.39. The number of carbonyl (C=O) groups is 1. The van der Waals surface area contributed by atoms with Crippen molar-refractivity contribution in [2.75, 3.05) is 12.3 Å². The smallest absolute Gasteiger partial charge is 0.287 e. The number of anilines is 1. The molecule has 0 bridgehead atoms. The van der Waals surface area contributed by atoms with Gasteiger partial charge in [0.2, 0.25) is 0 Å². The number of aromatic hydroxyl groups is 1. The maximum Gasteiger partial charge on any atom is 0.287 e. The van der Waals surface area contributed by atoms with Crippen molar-refractivity contribution in [2.45, 2.75) is 32.1 Å². The summed E-state index contributed by atoms with van der Waals surface area (Å²) in [7, 11) is 0. The quantitative estimate of drug-likeness (QED) is 0.595. The summed E-state index contributed by atoms with van der Waals surface area (Å²) in [4.78, 5) is 24.4. The normalized spacial score (nSPS) is 15.7. The highest BCUT2D eigenvalue weighted by molar-refractivity contribution is 5.96. The van der Waals surface area contributed by atoms with Crippen molar-refractivity contribution in [3.05, 3.63) is 34.2 Å². The van der Waals surface area contributed by atoms with Gasteiger partial charge in [0, 0.05) is 12.6 Å². The maximum absolute atomic E-state index is 12.2. The van der Waals surface area contributed by atoms with E-state index < -0.39 is 11.3 Å². The number of nitrogen functional groups attached to an aromatic ring is 1. The van der Waals surface area contributed by atoms with E-state index in [2.05, 4.69) is 5.32 Å². The Balaban J connectivity index is 1.83. The van der Waals surface area contributed by atoms with E-state index in [1.165, 1.54) is 31.4 Å². The zero-order valence-corrected chi connectivity index (χ0v) is 12.8. The topological polar surface area (TPSA) is 106 Å².